The lowest BCUT2D eigenvalue weighted by atomic mass is 10.2. The third-order valence-corrected chi connectivity index (χ3v) is 3.44. The molecule has 0 bridgehead atoms. The summed E-state index contributed by atoms with van der Waals surface area (Å²) >= 11 is 0. The molecule has 0 aliphatic heterocycles. The summed E-state index contributed by atoms with van der Waals surface area (Å²) in [5.41, 5.74) is 1.68. The monoisotopic (exact) mass is 343 g/mol. The highest BCUT2D eigenvalue weighted by Gasteiger charge is 2.14. The zero-order chi connectivity index (χ0) is 18.1. The number of rotatable bonds is 9. The van der Waals surface area contributed by atoms with E-state index in [-0.39, 0.29) is 30.4 Å². The molecule has 0 heterocycles. The SMILES string of the molecule is CCNCc1cccc(NC(=O)CCOc2ccccc2[N+](=O)[O-])c1. The van der Waals surface area contributed by atoms with Gasteiger partial charge in [-0.3, -0.25) is 14.9 Å². The highest BCUT2D eigenvalue weighted by molar-refractivity contribution is 5.90. The molecule has 0 unspecified atom stereocenters. The fourth-order valence-electron chi connectivity index (χ4n) is 2.24. The summed E-state index contributed by atoms with van der Waals surface area (Å²) in [6, 6.07) is 13.7. The van der Waals surface area contributed by atoms with Crippen LogP contribution in [0.25, 0.3) is 0 Å². The lowest BCUT2D eigenvalue weighted by molar-refractivity contribution is -0.385. The van der Waals surface area contributed by atoms with Gasteiger partial charge in [0.1, 0.15) is 0 Å². The quantitative estimate of drug-likeness (QED) is 0.539. The lowest BCUT2D eigenvalue weighted by Crippen LogP contribution is -2.16. The summed E-state index contributed by atoms with van der Waals surface area (Å²) in [5.74, 6) is -0.0490. The molecule has 7 nitrogen and oxygen atoms in total. The van der Waals surface area contributed by atoms with Crippen LogP contribution in [-0.2, 0) is 11.3 Å². The normalized spacial score (nSPS) is 10.3. The minimum atomic E-state index is -0.509. The van der Waals surface area contributed by atoms with Crippen LogP contribution in [0, 0.1) is 10.1 Å². The largest absolute Gasteiger partial charge is 0.486 e. The topological polar surface area (TPSA) is 93.5 Å². The van der Waals surface area contributed by atoms with E-state index in [0.29, 0.717) is 5.69 Å². The van der Waals surface area contributed by atoms with E-state index in [1.165, 1.54) is 12.1 Å². The minimum absolute atomic E-state index is 0.0633. The Balaban J connectivity index is 1.84. The zero-order valence-corrected chi connectivity index (χ0v) is 14.0. The van der Waals surface area contributed by atoms with E-state index in [2.05, 4.69) is 10.6 Å². The molecule has 0 fully saturated rings. The van der Waals surface area contributed by atoms with Gasteiger partial charge in [0.2, 0.25) is 5.91 Å². The molecule has 2 rings (SSSR count). The number of nitro groups is 1. The van der Waals surface area contributed by atoms with Gasteiger partial charge in [-0.25, -0.2) is 0 Å². The summed E-state index contributed by atoms with van der Waals surface area (Å²) in [5, 5.41) is 16.9. The lowest BCUT2D eigenvalue weighted by Gasteiger charge is -2.09. The Morgan fingerprint density at radius 1 is 1.20 bits per heavy atom. The number of para-hydroxylation sites is 2. The maximum Gasteiger partial charge on any atom is 0.310 e. The van der Waals surface area contributed by atoms with Crippen molar-refractivity contribution in [1.29, 1.82) is 0 Å². The summed E-state index contributed by atoms with van der Waals surface area (Å²) in [7, 11) is 0. The molecule has 0 spiro atoms. The van der Waals surface area contributed by atoms with Crippen molar-refractivity contribution < 1.29 is 14.5 Å². The minimum Gasteiger partial charge on any atom is -0.486 e. The van der Waals surface area contributed by atoms with Crippen LogP contribution < -0.4 is 15.4 Å². The summed E-state index contributed by atoms with van der Waals surface area (Å²) in [6.07, 6.45) is 0.101. The van der Waals surface area contributed by atoms with Gasteiger partial charge in [-0.15, -0.1) is 0 Å². The van der Waals surface area contributed by atoms with Gasteiger partial charge in [0, 0.05) is 18.3 Å². The van der Waals surface area contributed by atoms with Crippen molar-refractivity contribution in [3.8, 4) is 5.75 Å². The van der Waals surface area contributed by atoms with Crippen LogP contribution in [0.1, 0.15) is 18.9 Å². The average molecular weight is 343 g/mol. The number of nitro benzene ring substituents is 1. The number of nitrogens with one attached hydrogen (secondary N) is 2. The van der Waals surface area contributed by atoms with E-state index >= 15 is 0 Å². The molecule has 0 radical (unpaired) electrons. The fraction of sp³-hybridized carbons (Fsp3) is 0.278. The Labute approximate surface area is 146 Å². The molecule has 132 valence electrons. The third-order valence-electron chi connectivity index (χ3n) is 3.44. The molecule has 25 heavy (non-hydrogen) atoms. The molecule has 7 heteroatoms. The van der Waals surface area contributed by atoms with E-state index in [1.807, 2.05) is 31.2 Å². The third kappa shape index (κ3) is 5.89. The van der Waals surface area contributed by atoms with Crippen molar-refractivity contribution in [2.75, 3.05) is 18.5 Å². The van der Waals surface area contributed by atoms with E-state index < -0.39 is 4.92 Å². The second-order valence-corrected chi connectivity index (χ2v) is 5.35. The second-order valence-electron chi connectivity index (χ2n) is 5.35. The zero-order valence-electron chi connectivity index (χ0n) is 14.0. The number of amides is 1. The number of ether oxygens (including phenoxy) is 1. The van der Waals surface area contributed by atoms with Crippen molar-refractivity contribution in [3.05, 3.63) is 64.2 Å². The molecular formula is C18H21N3O4. The first kappa shape index (κ1) is 18.4. The Morgan fingerprint density at radius 3 is 2.76 bits per heavy atom. The smallest absolute Gasteiger partial charge is 0.310 e. The highest BCUT2D eigenvalue weighted by Crippen LogP contribution is 2.25. The Morgan fingerprint density at radius 2 is 2.00 bits per heavy atom. The van der Waals surface area contributed by atoms with E-state index in [4.69, 9.17) is 4.74 Å². The van der Waals surface area contributed by atoms with Gasteiger partial charge in [0.25, 0.3) is 0 Å². The van der Waals surface area contributed by atoms with Crippen LogP contribution in [0.2, 0.25) is 0 Å². The summed E-state index contributed by atoms with van der Waals surface area (Å²) in [4.78, 5) is 22.4. The van der Waals surface area contributed by atoms with E-state index in [1.54, 1.807) is 12.1 Å². The molecule has 0 saturated carbocycles. The Hall–Kier alpha value is -2.93. The molecule has 0 aliphatic rings. The molecule has 2 N–H and O–H groups in total. The first-order valence-corrected chi connectivity index (χ1v) is 8.06. The van der Waals surface area contributed by atoms with Crippen molar-refractivity contribution in [3.63, 3.8) is 0 Å². The number of benzene rings is 2. The van der Waals surface area contributed by atoms with Crippen LogP contribution >= 0.6 is 0 Å². The molecule has 0 aliphatic carbocycles. The van der Waals surface area contributed by atoms with Crippen molar-refractivity contribution in [1.82, 2.24) is 5.32 Å². The predicted octanol–water partition coefficient (Wildman–Crippen LogP) is 3.11. The second kappa shape index (κ2) is 9.39. The van der Waals surface area contributed by atoms with Gasteiger partial charge in [0.05, 0.1) is 18.0 Å². The molecule has 2 aromatic rings. The first-order valence-electron chi connectivity index (χ1n) is 8.06. The van der Waals surface area contributed by atoms with Crippen LogP contribution in [-0.4, -0.2) is 24.0 Å². The highest BCUT2D eigenvalue weighted by atomic mass is 16.6. The molecule has 0 aromatic heterocycles. The predicted molar refractivity (Wildman–Crippen MR) is 95.7 cm³/mol. The van der Waals surface area contributed by atoms with Crippen molar-refractivity contribution in [2.45, 2.75) is 19.9 Å². The van der Waals surface area contributed by atoms with E-state index in [9.17, 15) is 14.9 Å². The fourth-order valence-corrected chi connectivity index (χ4v) is 2.24. The molecule has 1 amide bonds. The van der Waals surface area contributed by atoms with Crippen molar-refractivity contribution >= 4 is 17.3 Å². The number of carbonyl (C=O) groups is 1. The van der Waals surface area contributed by atoms with Crippen LogP contribution in [0.4, 0.5) is 11.4 Å². The van der Waals surface area contributed by atoms with Crippen LogP contribution in [0.3, 0.4) is 0 Å². The first-order chi connectivity index (χ1) is 12.1. The molecular weight excluding hydrogens is 322 g/mol. The van der Waals surface area contributed by atoms with Crippen LogP contribution in [0.15, 0.2) is 48.5 Å². The van der Waals surface area contributed by atoms with Gasteiger partial charge >= 0.3 is 5.69 Å². The number of nitrogens with zero attached hydrogens (tertiary/aromatic N) is 1. The Bertz CT molecular complexity index is 734. The van der Waals surface area contributed by atoms with Crippen molar-refractivity contribution in [2.24, 2.45) is 0 Å². The molecule has 0 saturated heterocycles. The van der Waals surface area contributed by atoms with Gasteiger partial charge in [-0.2, -0.15) is 0 Å². The van der Waals surface area contributed by atoms with E-state index in [0.717, 1.165) is 18.7 Å². The number of carbonyl (C=O) groups excluding carboxylic acids is 1. The summed E-state index contributed by atoms with van der Waals surface area (Å²) in [6.45, 7) is 3.71. The number of anilines is 1. The average Bonchev–Trinajstić information content (AvgIpc) is 2.60. The van der Waals surface area contributed by atoms with Gasteiger partial charge in [0.15, 0.2) is 5.75 Å². The number of hydrogen-bond donors (Lipinski definition) is 2. The van der Waals surface area contributed by atoms with Crippen LogP contribution in [0.5, 0.6) is 5.75 Å². The maximum absolute atomic E-state index is 12.0. The van der Waals surface area contributed by atoms with Gasteiger partial charge < -0.3 is 15.4 Å². The van der Waals surface area contributed by atoms with Gasteiger partial charge in [-0.05, 0) is 30.3 Å². The molecule has 0 atom stereocenters. The molecule has 2 aromatic carbocycles. The van der Waals surface area contributed by atoms with Gasteiger partial charge in [-0.1, -0.05) is 31.2 Å². The Kier molecular flexibility index (Phi) is 6.91. The number of hydrogen-bond acceptors (Lipinski definition) is 5. The standard InChI is InChI=1S/C18H21N3O4/c1-2-19-13-14-6-5-7-15(12-14)20-18(22)10-11-25-17-9-4-3-8-16(17)21(23)24/h3-9,12,19H,2,10-11,13H2,1H3,(H,20,22). The summed E-state index contributed by atoms with van der Waals surface area (Å²) < 4.78 is 5.37. The maximum atomic E-state index is 12.0.